The quantitative estimate of drug-likeness (QED) is 0.720. The first-order valence-electron chi connectivity index (χ1n) is 4.87. The molecule has 1 fully saturated rings. The normalized spacial score (nSPS) is 28.9. The van der Waals surface area contributed by atoms with E-state index in [0.717, 1.165) is 0 Å². The third-order valence-corrected chi connectivity index (χ3v) is 2.68. The zero-order valence-electron chi connectivity index (χ0n) is 8.77. The molecule has 1 aliphatic rings. The molecule has 0 aliphatic carbocycles. The Labute approximate surface area is 86.6 Å². The van der Waals surface area contributed by atoms with E-state index in [4.69, 9.17) is 0 Å². The van der Waals surface area contributed by atoms with Crippen LogP contribution < -0.4 is 5.32 Å². The van der Waals surface area contributed by atoms with Gasteiger partial charge in [-0.15, -0.1) is 0 Å². The summed E-state index contributed by atoms with van der Waals surface area (Å²) in [6, 6.07) is -0.365. The zero-order chi connectivity index (χ0) is 11.6. The summed E-state index contributed by atoms with van der Waals surface area (Å²) < 4.78 is 36.0. The van der Waals surface area contributed by atoms with Crippen LogP contribution in [0.2, 0.25) is 0 Å². The van der Waals surface area contributed by atoms with E-state index in [0.29, 0.717) is 19.5 Å². The second kappa shape index (κ2) is 4.38. The van der Waals surface area contributed by atoms with Crippen LogP contribution in [0.3, 0.4) is 0 Å². The number of carbonyl (C=O) groups excluding carboxylic acids is 1. The maximum absolute atomic E-state index is 12.0. The molecule has 0 spiro atoms. The van der Waals surface area contributed by atoms with Crippen molar-refractivity contribution in [3.8, 4) is 0 Å². The van der Waals surface area contributed by atoms with Crippen LogP contribution in [0, 0.1) is 5.92 Å². The predicted octanol–water partition coefficient (Wildman–Crippen LogP) is 1.01. The number of halogens is 3. The smallest absolute Gasteiger partial charge is 0.345 e. The van der Waals surface area contributed by atoms with Crippen molar-refractivity contribution in [3.05, 3.63) is 0 Å². The minimum atomic E-state index is -4.77. The lowest BCUT2D eigenvalue weighted by Crippen LogP contribution is -2.51. The van der Waals surface area contributed by atoms with Gasteiger partial charge in [-0.3, -0.25) is 4.79 Å². The molecule has 0 aromatic carbocycles. The van der Waals surface area contributed by atoms with Crippen LogP contribution in [0.4, 0.5) is 13.2 Å². The lowest BCUT2D eigenvalue weighted by Gasteiger charge is -2.35. The molecule has 0 aromatic heterocycles. The molecule has 2 unspecified atom stereocenters. The van der Waals surface area contributed by atoms with E-state index < -0.39 is 12.1 Å². The highest BCUT2D eigenvalue weighted by Gasteiger charge is 2.40. The molecule has 1 amide bonds. The summed E-state index contributed by atoms with van der Waals surface area (Å²) in [4.78, 5) is 12.8. The molecule has 1 heterocycles. The predicted molar refractivity (Wildman–Crippen MR) is 49.3 cm³/mol. The summed E-state index contributed by atoms with van der Waals surface area (Å²) in [5.41, 5.74) is 0. The van der Waals surface area contributed by atoms with Gasteiger partial charge in [0.25, 0.3) is 0 Å². The van der Waals surface area contributed by atoms with Crippen molar-refractivity contribution in [1.29, 1.82) is 0 Å². The van der Waals surface area contributed by atoms with E-state index in [-0.39, 0.29) is 12.0 Å². The van der Waals surface area contributed by atoms with Gasteiger partial charge in [-0.2, -0.15) is 13.2 Å². The Morgan fingerprint density at radius 3 is 2.53 bits per heavy atom. The molecule has 0 radical (unpaired) electrons. The molecule has 0 saturated carbocycles. The maximum Gasteiger partial charge on any atom is 0.471 e. The Kier molecular flexibility index (Phi) is 3.59. The van der Waals surface area contributed by atoms with Gasteiger partial charge in [0, 0.05) is 12.6 Å². The largest absolute Gasteiger partial charge is 0.471 e. The topological polar surface area (TPSA) is 32.3 Å². The van der Waals surface area contributed by atoms with Crippen molar-refractivity contribution in [2.24, 2.45) is 5.92 Å². The molecule has 1 rings (SSSR count). The van der Waals surface area contributed by atoms with Crippen molar-refractivity contribution < 1.29 is 18.0 Å². The molecule has 1 aliphatic heterocycles. The fourth-order valence-corrected chi connectivity index (χ4v) is 1.82. The maximum atomic E-state index is 12.0. The van der Waals surface area contributed by atoms with E-state index in [1.807, 2.05) is 24.2 Å². The number of hydrogen-bond donors (Lipinski definition) is 1. The molecule has 0 aromatic rings. The SMILES string of the molecule is CC1CN(C)CCC1NC(=O)C(F)(F)F. The standard InChI is InChI=1S/C9H15F3N2O/c1-6-5-14(2)4-3-7(6)13-8(15)9(10,11)12/h6-7H,3-5H2,1-2H3,(H,13,15). The molecule has 1 saturated heterocycles. The highest BCUT2D eigenvalue weighted by Crippen LogP contribution is 2.19. The zero-order valence-corrected chi connectivity index (χ0v) is 8.77. The van der Waals surface area contributed by atoms with Crippen LogP contribution in [0.5, 0.6) is 0 Å². The molecule has 15 heavy (non-hydrogen) atoms. The number of nitrogens with zero attached hydrogens (tertiary/aromatic N) is 1. The van der Waals surface area contributed by atoms with E-state index >= 15 is 0 Å². The van der Waals surface area contributed by atoms with Gasteiger partial charge in [0.1, 0.15) is 0 Å². The molecule has 3 nitrogen and oxygen atoms in total. The number of alkyl halides is 3. The molecule has 6 heteroatoms. The first kappa shape index (κ1) is 12.3. The van der Waals surface area contributed by atoms with Gasteiger partial charge in [-0.05, 0) is 25.9 Å². The lowest BCUT2D eigenvalue weighted by atomic mass is 9.94. The highest BCUT2D eigenvalue weighted by atomic mass is 19.4. The van der Waals surface area contributed by atoms with Crippen molar-refractivity contribution in [2.45, 2.75) is 25.6 Å². The summed E-state index contributed by atoms with van der Waals surface area (Å²) in [5, 5.41) is 2.04. The summed E-state index contributed by atoms with van der Waals surface area (Å²) in [6.45, 7) is 3.27. The summed E-state index contributed by atoms with van der Waals surface area (Å²) in [6.07, 6.45) is -4.21. The van der Waals surface area contributed by atoms with Gasteiger partial charge in [0.2, 0.25) is 0 Å². The minimum absolute atomic E-state index is 0.0510. The monoisotopic (exact) mass is 224 g/mol. The van der Waals surface area contributed by atoms with Crippen molar-refractivity contribution in [2.75, 3.05) is 20.1 Å². The van der Waals surface area contributed by atoms with Gasteiger partial charge < -0.3 is 10.2 Å². The Morgan fingerprint density at radius 2 is 2.07 bits per heavy atom. The highest BCUT2D eigenvalue weighted by molar-refractivity contribution is 5.81. The lowest BCUT2D eigenvalue weighted by molar-refractivity contribution is -0.175. The molecular formula is C9H15F3N2O. The van der Waals surface area contributed by atoms with E-state index in [1.54, 1.807) is 0 Å². The van der Waals surface area contributed by atoms with Crippen LogP contribution in [0.25, 0.3) is 0 Å². The number of likely N-dealkylation sites (tertiary alicyclic amines) is 1. The number of hydrogen-bond acceptors (Lipinski definition) is 2. The van der Waals surface area contributed by atoms with Crippen LogP contribution in [-0.4, -0.2) is 43.2 Å². The van der Waals surface area contributed by atoms with Crippen LogP contribution in [-0.2, 0) is 4.79 Å². The first-order chi connectivity index (χ1) is 6.80. The average Bonchev–Trinajstić information content (AvgIpc) is 2.08. The third kappa shape index (κ3) is 3.37. The third-order valence-electron chi connectivity index (χ3n) is 2.68. The Balaban J connectivity index is 2.49. The Bertz CT molecular complexity index is 242. The Morgan fingerprint density at radius 1 is 1.47 bits per heavy atom. The number of piperidine rings is 1. The van der Waals surface area contributed by atoms with Gasteiger partial charge in [0.05, 0.1) is 0 Å². The number of carbonyl (C=O) groups is 1. The van der Waals surface area contributed by atoms with Crippen molar-refractivity contribution in [3.63, 3.8) is 0 Å². The van der Waals surface area contributed by atoms with Gasteiger partial charge in [-0.25, -0.2) is 0 Å². The van der Waals surface area contributed by atoms with E-state index in [1.165, 1.54) is 0 Å². The van der Waals surface area contributed by atoms with E-state index in [2.05, 4.69) is 0 Å². The fourth-order valence-electron chi connectivity index (χ4n) is 1.82. The van der Waals surface area contributed by atoms with Crippen LogP contribution >= 0.6 is 0 Å². The van der Waals surface area contributed by atoms with Crippen LogP contribution in [0.1, 0.15) is 13.3 Å². The fraction of sp³-hybridized carbons (Fsp3) is 0.889. The summed E-state index contributed by atoms with van der Waals surface area (Å²) in [7, 11) is 1.91. The second-order valence-electron chi connectivity index (χ2n) is 4.11. The minimum Gasteiger partial charge on any atom is -0.345 e. The second-order valence-corrected chi connectivity index (χ2v) is 4.11. The van der Waals surface area contributed by atoms with Crippen molar-refractivity contribution in [1.82, 2.24) is 10.2 Å². The molecule has 88 valence electrons. The molecule has 1 N–H and O–H groups in total. The van der Waals surface area contributed by atoms with Crippen molar-refractivity contribution >= 4 is 5.91 Å². The summed E-state index contributed by atoms with van der Waals surface area (Å²) >= 11 is 0. The van der Waals surface area contributed by atoms with Gasteiger partial charge >= 0.3 is 12.1 Å². The summed E-state index contributed by atoms with van der Waals surface area (Å²) in [5.74, 6) is -1.78. The molecule has 0 bridgehead atoms. The van der Waals surface area contributed by atoms with Crippen LogP contribution in [0.15, 0.2) is 0 Å². The number of amides is 1. The molecular weight excluding hydrogens is 209 g/mol. The Hall–Kier alpha value is -0.780. The average molecular weight is 224 g/mol. The van der Waals surface area contributed by atoms with E-state index in [9.17, 15) is 18.0 Å². The van der Waals surface area contributed by atoms with Gasteiger partial charge in [-0.1, -0.05) is 6.92 Å². The van der Waals surface area contributed by atoms with Gasteiger partial charge in [0.15, 0.2) is 0 Å². The molecule has 2 atom stereocenters. The number of rotatable bonds is 1. The number of nitrogens with one attached hydrogen (secondary N) is 1. The first-order valence-corrected chi connectivity index (χ1v) is 4.87.